The van der Waals surface area contributed by atoms with Crippen LogP contribution in [0, 0.1) is 0 Å². The molecule has 148 valence electrons. The molecular formula is C21H27ClO5. The van der Waals surface area contributed by atoms with Gasteiger partial charge in [0.15, 0.2) is 5.78 Å². The lowest BCUT2D eigenvalue weighted by atomic mass is 10.1. The summed E-state index contributed by atoms with van der Waals surface area (Å²) in [5.74, 6) is -1.01. The first-order chi connectivity index (χ1) is 13.0. The zero-order valence-corrected chi connectivity index (χ0v) is 16.5. The molecule has 1 aromatic heterocycles. The van der Waals surface area contributed by atoms with Gasteiger partial charge in [-0.2, -0.15) is 0 Å². The molecule has 0 atom stereocenters. The highest BCUT2D eigenvalue weighted by Crippen LogP contribution is 2.29. The summed E-state index contributed by atoms with van der Waals surface area (Å²) in [6, 6.07) is 4.47. The molecule has 6 heteroatoms. The van der Waals surface area contributed by atoms with E-state index in [0.717, 1.165) is 19.3 Å². The molecule has 0 amide bonds. The normalized spacial score (nSPS) is 11.2. The molecule has 0 bridgehead atoms. The summed E-state index contributed by atoms with van der Waals surface area (Å²) in [5, 5.41) is 10.9. The zero-order chi connectivity index (χ0) is 19.6. The maximum Gasteiger partial charge on any atom is 0.351 e. The molecule has 0 spiro atoms. The topological polar surface area (TPSA) is 76.7 Å². The van der Waals surface area contributed by atoms with Crippen LogP contribution in [0.4, 0.5) is 0 Å². The number of ether oxygens (including phenoxy) is 1. The van der Waals surface area contributed by atoms with Crippen molar-refractivity contribution in [3.63, 3.8) is 0 Å². The lowest BCUT2D eigenvalue weighted by molar-refractivity contribution is 0.0746. The van der Waals surface area contributed by atoms with Crippen LogP contribution in [0.3, 0.4) is 0 Å². The molecule has 1 aromatic carbocycles. The first-order valence-corrected chi connectivity index (χ1v) is 9.98. The van der Waals surface area contributed by atoms with E-state index >= 15 is 0 Å². The Morgan fingerprint density at radius 3 is 2.48 bits per heavy atom. The Labute approximate surface area is 164 Å². The van der Waals surface area contributed by atoms with Gasteiger partial charge in [0.25, 0.3) is 0 Å². The summed E-state index contributed by atoms with van der Waals surface area (Å²) >= 11 is 5.90. The second-order valence-corrected chi connectivity index (χ2v) is 7.14. The average Bonchev–Trinajstić information content (AvgIpc) is 2.64. The molecule has 1 heterocycles. The second-order valence-electron chi connectivity index (χ2n) is 6.70. The molecule has 2 aromatic rings. The van der Waals surface area contributed by atoms with E-state index in [0.29, 0.717) is 11.6 Å². The van der Waals surface area contributed by atoms with Crippen LogP contribution in [-0.2, 0) is 4.74 Å². The number of Topliss-reactive ketones (excluding diaryl/α,β-unsaturated/α-hetero) is 1. The Kier molecular flexibility index (Phi) is 8.82. The van der Waals surface area contributed by atoms with E-state index < -0.39 is 17.2 Å². The lowest BCUT2D eigenvalue weighted by Gasteiger charge is -2.07. The van der Waals surface area contributed by atoms with Gasteiger partial charge >= 0.3 is 5.63 Å². The van der Waals surface area contributed by atoms with Crippen molar-refractivity contribution in [3.8, 4) is 5.75 Å². The minimum atomic E-state index is -0.872. The number of halogens is 1. The van der Waals surface area contributed by atoms with Crippen LogP contribution in [0.1, 0.15) is 68.6 Å². The largest absolute Gasteiger partial charge is 0.506 e. The van der Waals surface area contributed by atoms with Crippen molar-refractivity contribution in [1.82, 2.24) is 0 Å². The summed E-state index contributed by atoms with van der Waals surface area (Å²) in [6.07, 6.45) is 9.44. The molecule has 0 saturated heterocycles. The van der Waals surface area contributed by atoms with Gasteiger partial charge in [-0.15, -0.1) is 0 Å². The number of fused-ring (bicyclic) bond motifs is 1. The zero-order valence-electron chi connectivity index (χ0n) is 15.8. The van der Waals surface area contributed by atoms with Gasteiger partial charge in [0.1, 0.15) is 23.5 Å². The lowest BCUT2D eigenvalue weighted by Crippen LogP contribution is -2.19. The number of ketones is 1. The van der Waals surface area contributed by atoms with Gasteiger partial charge < -0.3 is 14.3 Å². The van der Waals surface area contributed by atoms with E-state index in [9.17, 15) is 14.7 Å². The molecule has 5 nitrogen and oxygen atoms in total. The van der Waals surface area contributed by atoms with Gasteiger partial charge in [-0.05, 0) is 24.6 Å². The fourth-order valence-corrected chi connectivity index (χ4v) is 3.15. The maximum absolute atomic E-state index is 12.3. The second kappa shape index (κ2) is 11.1. The van der Waals surface area contributed by atoms with Crippen molar-refractivity contribution >= 4 is 28.4 Å². The molecule has 0 aliphatic carbocycles. The minimum absolute atomic E-state index is 0.179. The highest BCUT2D eigenvalue weighted by molar-refractivity contribution is 6.31. The summed E-state index contributed by atoms with van der Waals surface area (Å²) in [6.45, 7) is 2.39. The molecule has 0 radical (unpaired) electrons. The number of hydrogen-bond donors (Lipinski definition) is 1. The number of aromatic hydroxyl groups is 1. The van der Waals surface area contributed by atoms with Gasteiger partial charge in [-0.3, -0.25) is 4.79 Å². The molecule has 0 saturated carbocycles. The van der Waals surface area contributed by atoms with Crippen molar-refractivity contribution in [2.45, 2.75) is 58.3 Å². The van der Waals surface area contributed by atoms with Gasteiger partial charge in [0.05, 0.1) is 5.39 Å². The molecule has 0 aliphatic rings. The summed E-state index contributed by atoms with van der Waals surface area (Å²) in [4.78, 5) is 24.3. The van der Waals surface area contributed by atoms with Crippen LogP contribution >= 0.6 is 11.6 Å². The van der Waals surface area contributed by atoms with Crippen LogP contribution in [0.5, 0.6) is 5.75 Å². The third kappa shape index (κ3) is 6.36. The number of hydrogen-bond acceptors (Lipinski definition) is 5. The number of carbonyl (C=O) groups excluding carboxylic acids is 1. The minimum Gasteiger partial charge on any atom is -0.506 e. The van der Waals surface area contributed by atoms with Gasteiger partial charge in [-0.25, -0.2) is 4.79 Å². The van der Waals surface area contributed by atoms with Crippen LogP contribution in [0.25, 0.3) is 11.0 Å². The molecule has 0 fully saturated rings. The first-order valence-electron chi connectivity index (χ1n) is 9.61. The molecule has 0 aliphatic heterocycles. The van der Waals surface area contributed by atoms with Crippen molar-refractivity contribution in [1.29, 1.82) is 0 Å². The quantitative estimate of drug-likeness (QED) is 0.292. The Hall–Kier alpha value is -1.85. The van der Waals surface area contributed by atoms with E-state index in [4.69, 9.17) is 20.8 Å². The highest BCUT2D eigenvalue weighted by atomic mass is 35.5. The fraction of sp³-hybridized carbons (Fsp3) is 0.524. The summed E-state index contributed by atoms with van der Waals surface area (Å²) in [7, 11) is 0. The Balaban J connectivity index is 1.80. The van der Waals surface area contributed by atoms with Gasteiger partial charge in [0.2, 0.25) is 0 Å². The van der Waals surface area contributed by atoms with Crippen molar-refractivity contribution < 1.29 is 19.1 Å². The number of carbonyl (C=O) groups is 1. The monoisotopic (exact) mass is 394 g/mol. The Morgan fingerprint density at radius 2 is 1.78 bits per heavy atom. The number of unbranched alkanes of at least 4 members (excludes halogenated alkanes) is 7. The van der Waals surface area contributed by atoms with Crippen LogP contribution in [-0.4, -0.2) is 24.1 Å². The van der Waals surface area contributed by atoms with Crippen LogP contribution < -0.4 is 5.63 Å². The van der Waals surface area contributed by atoms with E-state index in [1.807, 2.05) is 0 Å². The Bertz CT molecular complexity index is 812. The van der Waals surface area contributed by atoms with Crippen LogP contribution in [0.15, 0.2) is 27.4 Å². The third-order valence-corrected chi connectivity index (χ3v) is 4.73. The third-order valence-electron chi connectivity index (χ3n) is 4.49. The van der Waals surface area contributed by atoms with Crippen LogP contribution in [0.2, 0.25) is 5.02 Å². The fourth-order valence-electron chi connectivity index (χ4n) is 2.98. The summed E-state index contributed by atoms with van der Waals surface area (Å²) < 4.78 is 10.5. The van der Waals surface area contributed by atoms with E-state index in [-0.39, 0.29) is 23.1 Å². The van der Waals surface area contributed by atoms with Crippen molar-refractivity contribution in [2.24, 2.45) is 0 Å². The van der Waals surface area contributed by atoms with E-state index in [1.165, 1.54) is 44.2 Å². The van der Waals surface area contributed by atoms with Crippen molar-refractivity contribution in [3.05, 3.63) is 39.2 Å². The predicted molar refractivity (Wildman–Crippen MR) is 107 cm³/mol. The maximum atomic E-state index is 12.3. The molecule has 1 N–H and O–H groups in total. The average molecular weight is 395 g/mol. The van der Waals surface area contributed by atoms with Crippen molar-refractivity contribution in [2.75, 3.05) is 13.2 Å². The summed E-state index contributed by atoms with van der Waals surface area (Å²) in [5.41, 5.74) is -1.08. The smallest absolute Gasteiger partial charge is 0.351 e. The van der Waals surface area contributed by atoms with E-state index in [2.05, 4.69) is 6.92 Å². The molecule has 0 unspecified atom stereocenters. The van der Waals surface area contributed by atoms with Gasteiger partial charge in [0, 0.05) is 11.6 Å². The number of benzene rings is 1. The van der Waals surface area contributed by atoms with E-state index in [1.54, 1.807) is 6.07 Å². The standard InChI is InChI=1S/C21H27ClO5/c1-2-3-4-5-6-7-8-9-12-26-14-17(23)19-20(24)16-13-15(22)10-11-18(16)27-21(19)25/h10-11,13,24H,2-9,12,14H2,1H3. The molecule has 27 heavy (non-hydrogen) atoms. The predicted octanol–water partition coefficient (Wildman–Crippen LogP) is 5.49. The molecule has 2 rings (SSSR count). The molecular weight excluding hydrogens is 368 g/mol. The highest BCUT2D eigenvalue weighted by Gasteiger charge is 2.21. The SMILES string of the molecule is CCCCCCCCCCOCC(=O)c1c(O)c2cc(Cl)ccc2oc1=O. The van der Waals surface area contributed by atoms with Gasteiger partial charge in [-0.1, -0.05) is 63.5 Å². The Morgan fingerprint density at radius 1 is 1.11 bits per heavy atom. The number of rotatable bonds is 12. The first kappa shape index (κ1) is 21.5.